The van der Waals surface area contributed by atoms with Crippen molar-refractivity contribution in [3.8, 4) is 0 Å². The van der Waals surface area contributed by atoms with Crippen LogP contribution in [0.1, 0.15) is 0 Å². The Morgan fingerprint density at radius 2 is 2.29 bits per heavy atom. The van der Waals surface area contributed by atoms with Gasteiger partial charge in [0.2, 0.25) is 10.0 Å². The molecule has 0 spiro atoms. The highest BCUT2D eigenvalue weighted by Crippen LogP contribution is 2.26. The van der Waals surface area contributed by atoms with Crippen LogP contribution in [0.5, 0.6) is 0 Å². The molecule has 1 unspecified atom stereocenters. The van der Waals surface area contributed by atoms with E-state index < -0.39 is 15.8 Å². The Balaban J connectivity index is 2.10. The summed E-state index contributed by atoms with van der Waals surface area (Å²) in [5, 5.41) is -0.212. The minimum absolute atomic E-state index is 0.111. The van der Waals surface area contributed by atoms with Crippen LogP contribution in [0, 0.1) is 5.82 Å². The summed E-state index contributed by atoms with van der Waals surface area (Å²) in [6.07, 6.45) is -0.241. The summed E-state index contributed by atoms with van der Waals surface area (Å²) in [5.41, 5.74) is 5.12. The lowest BCUT2D eigenvalue weighted by atomic mass is 10.3. The van der Waals surface area contributed by atoms with Crippen molar-refractivity contribution < 1.29 is 17.5 Å². The molecule has 1 fully saturated rings. The maximum Gasteiger partial charge on any atom is 0.242 e. The minimum atomic E-state index is -3.87. The van der Waals surface area contributed by atoms with Crippen molar-refractivity contribution in [3.63, 3.8) is 0 Å². The van der Waals surface area contributed by atoms with Crippen LogP contribution in [0.2, 0.25) is 5.02 Å². The molecule has 0 aliphatic carbocycles. The standard InChI is InChI=1S/C12H17ClFN3O3S/c1-17-2-3-20-8(7-17)6-16-21(18,19)12-5-11(15)10(14)4-9(12)13/h4-5,8,16H,2-3,6-7,15H2,1H3. The van der Waals surface area contributed by atoms with Crippen LogP contribution in [-0.2, 0) is 14.8 Å². The normalized spacial score (nSPS) is 20.6. The zero-order chi connectivity index (χ0) is 15.6. The number of hydrogen-bond donors (Lipinski definition) is 2. The molecule has 2 rings (SSSR count). The quantitative estimate of drug-likeness (QED) is 0.789. The molecule has 6 nitrogen and oxygen atoms in total. The number of likely N-dealkylation sites (N-methyl/N-ethyl adjacent to an activating group) is 1. The van der Waals surface area contributed by atoms with E-state index in [2.05, 4.69) is 4.72 Å². The second-order valence-electron chi connectivity index (χ2n) is 4.91. The Labute approximate surface area is 128 Å². The summed E-state index contributed by atoms with van der Waals surface area (Å²) >= 11 is 5.78. The van der Waals surface area contributed by atoms with E-state index in [0.717, 1.165) is 18.7 Å². The van der Waals surface area contributed by atoms with Gasteiger partial charge in [0.1, 0.15) is 10.7 Å². The van der Waals surface area contributed by atoms with E-state index in [9.17, 15) is 12.8 Å². The van der Waals surface area contributed by atoms with Gasteiger partial charge in [-0.05, 0) is 19.2 Å². The van der Waals surface area contributed by atoms with E-state index in [1.54, 1.807) is 0 Å². The van der Waals surface area contributed by atoms with Gasteiger partial charge in [0.25, 0.3) is 0 Å². The molecule has 118 valence electrons. The third kappa shape index (κ3) is 4.04. The van der Waals surface area contributed by atoms with Crippen molar-refractivity contribution in [1.29, 1.82) is 0 Å². The topological polar surface area (TPSA) is 84.7 Å². The van der Waals surface area contributed by atoms with E-state index in [-0.39, 0.29) is 28.3 Å². The zero-order valence-corrected chi connectivity index (χ0v) is 13.0. The second kappa shape index (κ2) is 6.45. The van der Waals surface area contributed by atoms with Crippen LogP contribution in [0.25, 0.3) is 0 Å². The van der Waals surface area contributed by atoms with Gasteiger partial charge < -0.3 is 15.4 Å². The summed E-state index contributed by atoms with van der Waals surface area (Å²) in [7, 11) is -1.94. The number of nitrogens with two attached hydrogens (primary N) is 1. The molecule has 0 saturated carbocycles. The largest absolute Gasteiger partial charge is 0.396 e. The first-order valence-corrected chi connectivity index (χ1v) is 8.20. The van der Waals surface area contributed by atoms with Gasteiger partial charge >= 0.3 is 0 Å². The summed E-state index contributed by atoms with van der Waals surface area (Å²) in [6, 6.07) is 1.89. The van der Waals surface area contributed by atoms with E-state index >= 15 is 0 Å². The minimum Gasteiger partial charge on any atom is -0.396 e. The lowest BCUT2D eigenvalue weighted by Gasteiger charge is -2.30. The van der Waals surface area contributed by atoms with Gasteiger partial charge in [-0.2, -0.15) is 0 Å². The van der Waals surface area contributed by atoms with Crippen LogP contribution in [-0.4, -0.2) is 52.7 Å². The van der Waals surface area contributed by atoms with Gasteiger partial charge in [-0.1, -0.05) is 11.6 Å². The highest BCUT2D eigenvalue weighted by atomic mass is 35.5. The van der Waals surface area contributed by atoms with Crippen molar-refractivity contribution in [2.75, 3.05) is 39.0 Å². The molecule has 1 heterocycles. The lowest BCUT2D eigenvalue weighted by Crippen LogP contribution is -2.45. The molecule has 0 aromatic heterocycles. The van der Waals surface area contributed by atoms with Crippen molar-refractivity contribution in [2.45, 2.75) is 11.0 Å². The number of halogens is 2. The number of rotatable bonds is 4. The van der Waals surface area contributed by atoms with Gasteiger partial charge in [0, 0.05) is 19.6 Å². The Morgan fingerprint density at radius 1 is 1.57 bits per heavy atom. The molecule has 21 heavy (non-hydrogen) atoms. The number of ether oxygens (including phenoxy) is 1. The van der Waals surface area contributed by atoms with Crippen molar-refractivity contribution >= 4 is 27.3 Å². The molecule has 0 radical (unpaired) electrons. The number of nitrogen functional groups attached to an aromatic ring is 1. The summed E-state index contributed by atoms with van der Waals surface area (Å²) in [6.45, 7) is 2.10. The molecule has 1 atom stereocenters. The van der Waals surface area contributed by atoms with Crippen molar-refractivity contribution in [1.82, 2.24) is 9.62 Å². The Bertz CT molecular complexity index is 626. The van der Waals surface area contributed by atoms with Crippen molar-refractivity contribution in [3.05, 3.63) is 23.0 Å². The SMILES string of the molecule is CN1CCOC(CNS(=O)(=O)c2cc(N)c(F)cc2Cl)C1. The Hall–Kier alpha value is -0.930. The van der Waals surface area contributed by atoms with Crippen LogP contribution in [0.3, 0.4) is 0 Å². The molecular weight excluding hydrogens is 321 g/mol. The Kier molecular flexibility index (Phi) is 5.05. The molecule has 1 aliphatic heterocycles. The molecule has 1 aromatic carbocycles. The zero-order valence-electron chi connectivity index (χ0n) is 11.5. The van der Waals surface area contributed by atoms with Gasteiger partial charge in [0.05, 0.1) is 23.4 Å². The third-order valence-corrected chi connectivity index (χ3v) is 5.07. The first-order chi connectivity index (χ1) is 9.79. The van der Waals surface area contributed by atoms with E-state index in [0.29, 0.717) is 13.2 Å². The van der Waals surface area contributed by atoms with E-state index in [4.69, 9.17) is 22.1 Å². The molecule has 1 aromatic rings. The van der Waals surface area contributed by atoms with Crippen LogP contribution in [0.4, 0.5) is 10.1 Å². The fourth-order valence-electron chi connectivity index (χ4n) is 2.02. The molecule has 0 amide bonds. The molecule has 0 bridgehead atoms. The average Bonchev–Trinajstić information content (AvgIpc) is 2.41. The van der Waals surface area contributed by atoms with Crippen LogP contribution < -0.4 is 10.5 Å². The maximum absolute atomic E-state index is 13.2. The van der Waals surface area contributed by atoms with Crippen LogP contribution >= 0.6 is 11.6 Å². The highest BCUT2D eigenvalue weighted by Gasteiger charge is 2.23. The number of sulfonamides is 1. The predicted octanol–water partition coefficient (Wildman–Crippen LogP) is 0.670. The molecule has 3 N–H and O–H groups in total. The fourth-order valence-corrected chi connectivity index (χ4v) is 3.64. The van der Waals surface area contributed by atoms with Gasteiger partial charge in [-0.15, -0.1) is 0 Å². The number of benzene rings is 1. The predicted molar refractivity (Wildman–Crippen MR) is 78.2 cm³/mol. The summed E-state index contributed by atoms with van der Waals surface area (Å²) < 4.78 is 45.5. The van der Waals surface area contributed by atoms with Crippen molar-refractivity contribution in [2.24, 2.45) is 0 Å². The number of hydrogen-bond acceptors (Lipinski definition) is 5. The average molecular weight is 338 g/mol. The first kappa shape index (κ1) is 16.4. The highest BCUT2D eigenvalue weighted by molar-refractivity contribution is 7.89. The van der Waals surface area contributed by atoms with Gasteiger partial charge in [0.15, 0.2) is 0 Å². The first-order valence-electron chi connectivity index (χ1n) is 6.34. The molecule has 1 aliphatic rings. The van der Waals surface area contributed by atoms with E-state index in [1.165, 1.54) is 0 Å². The maximum atomic E-state index is 13.2. The van der Waals surface area contributed by atoms with E-state index in [1.807, 2.05) is 11.9 Å². The smallest absolute Gasteiger partial charge is 0.242 e. The van der Waals surface area contributed by atoms with Gasteiger partial charge in [-0.25, -0.2) is 17.5 Å². The van der Waals surface area contributed by atoms with Gasteiger partial charge in [-0.3, -0.25) is 0 Å². The molecule has 9 heteroatoms. The summed E-state index contributed by atoms with van der Waals surface area (Å²) in [4.78, 5) is 1.80. The number of morpholine rings is 1. The third-order valence-electron chi connectivity index (χ3n) is 3.18. The lowest BCUT2D eigenvalue weighted by molar-refractivity contribution is -0.0156. The molecule has 1 saturated heterocycles. The monoisotopic (exact) mass is 337 g/mol. The number of anilines is 1. The fraction of sp³-hybridized carbons (Fsp3) is 0.500. The molecular formula is C12H17ClFN3O3S. The summed E-state index contributed by atoms with van der Waals surface area (Å²) in [5.74, 6) is -0.754. The second-order valence-corrected chi connectivity index (χ2v) is 7.05. The Morgan fingerprint density at radius 3 is 2.95 bits per heavy atom. The number of nitrogens with zero attached hydrogens (tertiary/aromatic N) is 1. The number of nitrogens with one attached hydrogen (secondary N) is 1. The van der Waals surface area contributed by atoms with Crippen LogP contribution in [0.15, 0.2) is 17.0 Å².